The average molecular weight is 295 g/mol. The first-order valence-electron chi connectivity index (χ1n) is 7.04. The Morgan fingerprint density at radius 2 is 1.65 bits per heavy atom. The van der Waals surface area contributed by atoms with Crippen LogP contribution in [0.3, 0.4) is 0 Å². The minimum Gasteiger partial charge on any atom is -0.313 e. The van der Waals surface area contributed by atoms with Gasteiger partial charge in [0.1, 0.15) is 18.3 Å². The van der Waals surface area contributed by atoms with Crippen molar-refractivity contribution in [1.29, 1.82) is 0 Å². The highest BCUT2D eigenvalue weighted by Crippen LogP contribution is 2.47. The lowest BCUT2D eigenvalue weighted by Gasteiger charge is -2.39. The highest BCUT2D eigenvalue weighted by Gasteiger charge is 2.53. The second-order valence-corrected chi connectivity index (χ2v) is 6.01. The first-order chi connectivity index (χ1) is 9.32. The van der Waals surface area contributed by atoms with Crippen LogP contribution in [0.4, 0.5) is 22.0 Å². The van der Waals surface area contributed by atoms with Crippen molar-refractivity contribution in [3.63, 3.8) is 0 Å². The Morgan fingerprint density at radius 3 is 2.20 bits per heavy atom. The van der Waals surface area contributed by atoms with Gasteiger partial charge in [0, 0.05) is 12.8 Å². The van der Waals surface area contributed by atoms with Crippen molar-refractivity contribution >= 4 is 0 Å². The van der Waals surface area contributed by atoms with Crippen LogP contribution in [-0.2, 0) is 0 Å². The summed E-state index contributed by atoms with van der Waals surface area (Å²) in [6, 6.07) is -1.04. The maximum Gasteiger partial charge on any atom is 0.399 e. The fourth-order valence-electron chi connectivity index (χ4n) is 3.70. The van der Waals surface area contributed by atoms with Crippen LogP contribution in [-0.4, -0.2) is 24.6 Å². The van der Waals surface area contributed by atoms with Crippen LogP contribution in [0.15, 0.2) is 0 Å². The van der Waals surface area contributed by atoms with Crippen molar-refractivity contribution < 1.29 is 22.0 Å². The smallest absolute Gasteiger partial charge is 0.313 e. The fourth-order valence-corrected chi connectivity index (χ4v) is 3.70. The minimum atomic E-state index is -4.41. The molecule has 6 unspecified atom stereocenters. The molecule has 0 spiro atoms. The molecule has 6 heteroatoms. The van der Waals surface area contributed by atoms with E-state index in [9.17, 15) is 22.0 Å². The van der Waals surface area contributed by atoms with E-state index in [1.54, 1.807) is 0 Å². The zero-order chi connectivity index (χ0) is 14.9. The quantitative estimate of drug-likeness (QED) is 0.486. The standard InChI is InChI=1S/C14H18F5N/c1-20-13-5-2-8(6-11(13)14(17,18)19)10-4-3-9(15)7-12(10)16/h8-13H,2-7H2. The number of halogens is 5. The van der Waals surface area contributed by atoms with E-state index in [0.29, 0.717) is 12.8 Å². The number of hydrogen-bond donors (Lipinski definition) is 0. The molecule has 0 amide bonds. The van der Waals surface area contributed by atoms with Gasteiger partial charge in [-0.2, -0.15) is 13.2 Å². The molecule has 6 atom stereocenters. The molecule has 0 bridgehead atoms. The molecule has 2 saturated carbocycles. The van der Waals surface area contributed by atoms with Crippen molar-refractivity contribution in [3.05, 3.63) is 11.4 Å². The molecule has 2 fully saturated rings. The molecule has 114 valence electrons. The number of rotatable bonds is 1. The predicted molar refractivity (Wildman–Crippen MR) is 64.4 cm³/mol. The van der Waals surface area contributed by atoms with Crippen LogP contribution in [0.5, 0.6) is 0 Å². The van der Waals surface area contributed by atoms with Gasteiger partial charge >= 0.3 is 6.18 Å². The summed E-state index contributed by atoms with van der Waals surface area (Å²) >= 11 is 0. The third-order valence-electron chi connectivity index (χ3n) is 4.80. The third kappa shape index (κ3) is 3.24. The highest BCUT2D eigenvalue weighted by atomic mass is 19.4. The first-order valence-corrected chi connectivity index (χ1v) is 7.04. The molecule has 20 heavy (non-hydrogen) atoms. The molecule has 0 heterocycles. The second kappa shape index (κ2) is 5.87. The molecule has 0 aromatic rings. The van der Waals surface area contributed by atoms with Crippen LogP contribution in [0, 0.1) is 24.3 Å². The van der Waals surface area contributed by atoms with E-state index >= 15 is 0 Å². The van der Waals surface area contributed by atoms with Gasteiger partial charge in [0.2, 0.25) is 6.04 Å². The molecule has 2 rings (SSSR count). The van der Waals surface area contributed by atoms with Gasteiger partial charge in [-0.15, -0.1) is 0 Å². The number of nitrogens with zero attached hydrogens (tertiary/aromatic N) is 1. The Balaban J connectivity index is 2.06. The summed E-state index contributed by atoms with van der Waals surface area (Å²) in [7, 11) is 0. The van der Waals surface area contributed by atoms with Gasteiger partial charge < -0.3 is 4.85 Å². The molecule has 2 aliphatic rings. The van der Waals surface area contributed by atoms with E-state index in [0.717, 1.165) is 0 Å². The molecule has 0 N–H and O–H groups in total. The van der Waals surface area contributed by atoms with Gasteiger partial charge in [-0.05, 0) is 37.5 Å². The van der Waals surface area contributed by atoms with Crippen molar-refractivity contribution in [3.8, 4) is 0 Å². The summed E-state index contributed by atoms with van der Waals surface area (Å²) in [5, 5.41) is 0. The van der Waals surface area contributed by atoms with Crippen molar-refractivity contribution in [2.75, 3.05) is 0 Å². The van der Waals surface area contributed by atoms with Crippen LogP contribution in [0.25, 0.3) is 4.85 Å². The Hall–Kier alpha value is -0.860. The van der Waals surface area contributed by atoms with Gasteiger partial charge in [-0.25, -0.2) is 15.4 Å². The third-order valence-corrected chi connectivity index (χ3v) is 4.80. The summed E-state index contributed by atoms with van der Waals surface area (Å²) < 4.78 is 65.9. The summed E-state index contributed by atoms with van der Waals surface area (Å²) in [5.41, 5.74) is 0. The molecule has 0 aromatic carbocycles. The Morgan fingerprint density at radius 1 is 0.950 bits per heavy atom. The van der Waals surface area contributed by atoms with E-state index in [1.165, 1.54) is 0 Å². The average Bonchev–Trinajstić information content (AvgIpc) is 2.37. The lowest BCUT2D eigenvalue weighted by Crippen LogP contribution is -2.42. The molecular formula is C14H18F5N. The van der Waals surface area contributed by atoms with Gasteiger partial charge in [0.15, 0.2) is 0 Å². The molecule has 0 radical (unpaired) electrons. The molecule has 0 aromatic heterocycles. The summed E-state index contributed by atoms with van der Waals surface area (Å²) in [4.78, 5) is 3.08. The highest BCUT2D eigenvalue weighted by molar-refractivity contribution is 4.97. The molecule has 1 nitrogen and oxygen atoms in total. The summed E-state index contributed by atoms with van der Waals surface area (Å²) in [5.74, 6) is -2.50. The number of alkyl halides is 5. The maximum atomic E-state index is 13.9. The number of hydrogen-bond acceptors (Lipinski definition) is 0. The topological polar surface area (TPSA) is 4.36 Å². The van der Waals surface area contributed by atoms with E-state index in [2.05, 4.69) is 4.85 Å². The molecule has 0 saturated heterocycles. The maximum absolute atomic E-state index is 13.9. The summed E-state index contributed by atoms with van der Waals surface area (Å²) in [6.07, 6.45) is -6.12. The Kier molecular flexibility index (Phi) is 4.55. The first kappa shape index (κ1) is 15.5. The SMILES string of the molecule is [C-]#[N+]C1CCC(C2CCC(F)CC2F)CC1C(F)(F)F. The fraction of sp³-hybridized carbons (Fsp3) is 0.929. The Bertz CT molecular complexity index is 375. The lowest BCUT2D eigenvalue weighted by molar-refractivity contribution is -0.190. The van der Waals surface area contributed by atoms with Gasteiger partial charge in [-0.1, -0.05) is 0 Å². The molecule has 2 aliphatic carbocycles. The van der Waals surface area contributed by atoms with Crippen LogP contribution in [0.2, 0.25) is 0 Å². The van der Waals surface area contributed by atoms with Crippen molar-refractivity contribution in [1.82, 2.24) is 0 Å². The Labute approximate surface area is 115 Å². The minimum absolute atomic E-state index is 0.167. The van der Waals surface area contributed by atoms with Crippen LogP contribution < -0.4 is 0 Å². The molecular weight excluding hydrogens is 277 g/mol. The second-order valence-electron chi connectivity index (χ2n) is 6.01. The normalized spacial score (nSPS) is 43.0. The largest absolute Gasteiger partial charge is 0.399 e. The van der Waals surface area contributed by atoms with Crippen molar-refractivity contribution in [2.24, 2.45) is 17.8 Å². The van der Waals surface area contributed by atoms with Crippen molar-refractivity contribution in [2.45, 2.75) is 63.1 Å². The van der Waals surface area contributed by atoms with E-state index in [-0.39, 0.29) is 31.6 Å². The lowest BCUT2D eigenvalue weighted by atomic mass is 9.68. The van der Waals surface area contributed by atoms with Crippen LogP contribution in [0.1, 0.15) is 38.5 Å². The monoisotopic (exact) mass is 295 g/mol. The van der Waals surface area contributed by atoms with Crippen LogP contribution >= 0.6 is 0 Å². The van der Waals surface area contributed by atoms with Gasteiger partial charge in [0.25, 0.3) is 0 Å². The summed E-state index contributed by atoms with van der Waals surface area (Å²) in [6.45, 7) is 6.89. The molecule has 0 aliphatic heterocycles. The van der Waals surface area contributed by atoms with E-state index in [1.807, 2.05) is 0 Å². The van der Waals surface area contributed by atoms with Gasteiger partial charge in [-0.3, -0.25) is 0 Å². The predicted octanol–water partition coefficient (Wildman–Crippen LogP) is 4.73. The van der Waals surface area contributed by atoms with Gasteiger partial charge in [0.05, 0.1) is 0 Å². The van der Waals surface area contributed by atoms with E-state index < -0.39 is 36.4 Å². The van der Waals surface area contributed by atoms with E-state index in [4.69, 9.17) is 6.57 Å². The zero-order valence-electron chi connectivity index (χ0n) is 11.0. The zero-order valence-corrected chi connectivity index (χ0v) is 11.0.